The van der Waals surface area contributed by atoms with E-state index in [0.29, 0.717) is 12.2 Å². The van der Waals surface area contributed by atoms with E-state index < -0.39 is 23.5 Å². The normalized spacial score (nSPS) is 11.9. The molecule has 4 heteroatoms. The third kappa shape index (κ3) is 25.9. The zero-order valence-corrected chi connectivity index (χ0v) is 33.4. The highest BCUT2D eigenvalue weighted by atomic mass is 16.5. The number of hydrogen-bond donors (Lipinski definition) is 0. The minimum Gasteiger partial charge on any atom is -0.426 e. The van der Waals surface area contributed by atoms with Gasteiger partial charge in [-0.15, -0.1) is 0 Å². The molecule has 1 aromatic carbocycles. The quantitative estimate of drug-likeness (QED) is 0.0228. The van der Waals surface area contributed by atoms with E-state index in [4.69, 9.17) is 4.74 Å². The molecule has 1 rings (SSSR count). The Morgan fingerprint density at radius 3 is 1.22 bits per heavy atom. The van der Waals surface area contributed by atoms with Gasteiger partial charge >= 0.3 is 5.97 Å². The van der Waals surface area contributed by atoms with Crippen molar-refractivity contribution in [1.29, 1.82) is 0 Å². The molecule has 0 aliphatic rings. The standard InChI is InChI=1S/C46H80O4/c1-4-7-10-12-14-16-18-20-22-24-26-28-30-32-35-43(46(49)50-42-39-37-41(38-40-42)34-9-6-3)45(48)44(47)36-33-31-29-27-25-23-21-19-17-15-13-11-8-5-2/h37-40,43H,4-36H2,1-3H3. The lowest BCUT2D eigenvalue weighted by atomic mass is 9.92. The van der Waals surface area contributed by atoms with Crippen LogP contribution in [0.5, 0.6) is 5.75 Å². The van der Waals surface area contributed by atoms with Gasteiger partial charge < -0.3 is 4.74 Å². The Balaban J connectivity index is 2.39. The number of carbonyl (C=O) groups excluding carboxylic acids is 3. The number of benzene rings is 1. The number of aryl methyl sites for hydroxylation is 1. The number of hydrogen-bond acceptors (Lipinski definition) is 4. The second kappa shape index (κ2) is 34.1. The minimum atomic E-state index is -0.994. The third-order valence-electron chi connectivity index (χ3n) is 10.4. The Morgan fingerprint density at radius 1 is 0.460 bits per heavy atom. The van der Waals surface area contributed by atoms with Crippen molar-refractivity contribution in [3.8, 4) is 5.75 Å². The molecule has 0 aromatic heterocycles. The van der Waals surface area contributed by atoms with Crippen molar-refractivity contribution in [3.63, 3.8) is 0 Å². The zero-order chi connectivity index (χ0) is 36.3. The maximum absolute atomic E-state index is 13.3. The molecule has 50 heavy (non-hydrogen) atoms. The van der Waals surface area contributed by atoms with Crippen LogP contribution in [-0.2, 0) is 20.8 Å². The summed E-state index contributed by atoms with van der Waals surface area (Å²) in [6.07, 6.45) is 38.9. The van der Waals surface area contributed by atoms with Crippen LogP contribution in [0, 0.1) is 5.92 Å². The molecule has 4 nitrogen and oxygen atoms in total. The van der Waals surface area contributed by atoms with Crippen LogP contribution >= 0.6 is 0 Å². The summed E-state index contributed by atoms with van der Waals surface area (Å²) in [5.74, 6) is -2.05. The molecule has 0 saturated heterocycles. The van der Waals surface area contributed by atoms with Crippen LogP contribution in [0.1, 0.15) is 232 Å². The number of Topliss-reactive ketones (excluding diaryl/α,β-unsaturated/α-hetero) is 2. The summed E-state index contributed by atoms with van der Waals surface area (Å²) in [7, 11) is 0. The Bertz CT molecular complexity index is 936. The van der Waals surface area contributed by atoms with E-state index in [1.165, 1.54) is 147 Å². The summed E-state index contributed by atoms with van der Waals surface area (Å²) in [5.41, 5.74) is 1.21. The average molecular weight is 697 g/mol. The van der Waals surface area contributed by atoms with Gasteiger partial charge in [0, 0.05) is 6.42 Å². The van der Waals surface area contributed by atoms with Crippen LogP contribution < -0.4 is 4.74 Å². The van der Waals surface area contributed by atoms with E-state index >= 15 is 0 Å². The van der Waals surface area contributed by atoms with Crippen molar-refractivity contribution in [2.24, 2.45) is 5.92 Å². The topological polar surface area (TPSA) is 60.4 Å². The lowest BCUT2D eigenvalue weighted by Crippen LogP contribution is -2.33. The predicted octanol–water partition coefficient (Wildman–Crippen LogP) is 14.4. The van der Waals surface area contributed by atoms with E-state index in [-0.39, 0.29) is 6.42 Å². The Morgan fingerprint density at radius 2 is 0.820 bits per heavy atom. The molecule has 0 bridgehead atoms. The number of esters is 1. The molecule has 0 aliphatic carbocycles. The Hall–Kier alpha value is -1.97. The molecule has 288 valence electrons. The maximum Gasteiger partial charge on any atom is 0.322 e. The van der Waals surface area contributed by atoms with Gasteiger partial charge in [0.25, 0.3) is 0 Å². The van der Waals surface area contributed by atoms with Gasteiger partial charge in [0.2, 0.25) is 5.78 Å². The second-order valence-electron chi connectivity index (χ2n) is 15.2. The molecular weight excluding hydrogens is 617 g/mol. The fraction of sp³-hybridized carbons (Fsp3) is 0.804. The highest BCUT2D eigenvalue weighted by Gasteiger charge is 2.32. The van der Waals surface area contributed by atoms with E-state index in [1.807, 2.05) is 24.3 Å². The molecule has 0 N–H and O–H groups in total. The highest BCUT2D eigenvalue weighted by Crippen LogP contribution is 2.21. The SMILES string of the molecule is CCCCCCCCCCCCCCCCC(=O)C(=O)C(CCCCCCCCCCCCCCCC)C(=O)Oc1ccc(CCCC)cc1. The van der Waals surface area contributed by atoms with Gasteiger partial charge in [-0.05, 0) is 43.4 Å². The molecule has 0 heterocycles. The van der Waals surface area contributed by atoms with Crippen LogP contribution in [0.3, 0.4) is 0 Å². The minimum absolute atomic E-state index is 0.242. The maximum atomic E-state index is 13.3. The molecule has 1 atom stereocenters. The van der Waals surface area contributed by atoms with Gasteiger partial charge in [-0.2, -0.15) is 0 Å². The first-order valence-corrected chi connectivity index (χ1v) is 21.9. The Labute approximate surface area is 310 Å². The molecule has 0 spiro atoms. The smallest absolute Gasteiger partial charge is 0.322 e. The number of ether oxygens (including phenoxy) is 1. The average Bonchev–Trinajstić information content (AvgIpc) is 3.12. The van der Waals surface area contributed by atoms with E-state index in [0.717, 1.165) is 57.8 Å². The van der Waals surface area contributed by atoms with Crippen LogP contribution in [0.4, 0.5) is 0 Å². The molecule has 0 saturated carbocycles. The van der Waals surface area contributed by atoms with Gasteiger partial charge in [-0.25, -0.2) is 0 Å². The number of ketones is 2. The first-order chi connectivity index (χ1) is 24.5. The number of rotatable bonds is 37. The summed E-state index contributed by atoms with van der Waals surface area (Å²) in [4.78, 5) is 39.6. The van der Waals surface area contributed by atoms with Crippen molar-refractivity contribution >= 4 is 17.5 Å². The summed E-state index contributed by atoms with van der Waals surface area (Å²) in [6.45, 7) is 6.71. The number of carbonyl (C=O) groups is 3. The Kier molecular flexibility index (Phi) is 31.4. The van der Waals surface area contributed by atoms with Gasteiger partial charge in [-0.3, -0.25) is 14.4 Å². The summed E-state index contributed by atoms with van der Waals surface area (Å²) >= 11 is 0. The first-order valence-electron chi connectivity index (χ1n) is 21.9. The highest BCUT2D eigenvalue weighted by molar-refractivity contribution is 6.41. The van der Waals surface area contributed by atoms with Crippen molar-refractivity contribution in [3.05, 3.63) is 29.8 Å². The largest absolute Gasteiger partial charge is 0.426 e. The van der Waals surface area contributed by atoms with Crippen molar-refractivity contribution < 1.29 is 19.1 Å². The molecule has 0 aliphatic heterocycles. The monoisotopic (exact) mass is 697 g/mol. The fourth-order valence-electron chi connectivity index (χ4n) is 6.99. The van der Waals surface area contributed by atoms with Crippen molar-refractivity contribution in [2.45, 2.75) is 233 Å². The summed E-state index contributed by atoms with van der Waals surface area (Å²) in [6, 6.07) is 7.60. The fourth-order valence-corrected chi connectivity index (χ4v) is 6.99. The number of unbranched alkanes of at least 4 members (excludes halogenated alkanes) is 27. The van der Waals surface area contributed by atoms with Crippen LogP contribution in [-0.4, -0.2) is 17.5 Å². The summed E-state index contributed by atoms with van der Waals surface area (Å²) < 4.78 is 5.69. The molecule has 1 aromatic rings. The zero-order valence-electron chi connectivity index (χ0n) is 33.4. The van der Waals surface area contributed by atoms with Gasteiger partial charge in [0.1, 0.15) is 11.7 Å². The van der Waals surface area contributed by atoms with Crippen LogP contribution in [0.2, 0.25) is 0 Å². The third-order valence-corrected chi connectivity index (χ3v) is 10.4. The molecule has 1 unspecified atom stereocenters. The van der Waals surface area contributed by atoms with Crippen molar-refractivity contribution in [1.82, 2.24) is 0 Å². The molecular formula is C46H80O4. The second-order valence-corrected chi connectivity index (χ2v) is 15.2. The lowest BCUT2D eigenvalue weighted by molar-refractivity contribution is -0.149. The van der Waals surface area contributed by atoms with Crippen LogP contribution in [0.15, 0.2) is 24.3 Å². The van der Waals surface area contributed by atoms with E-state index in [9.17, 15) is 14.4 Å². The van der Waals surface area contributed by atoms with Gasteiger partial charge in [-0.1, -0.05) is 213 Å². The molecule has 0 amide bonds. The molecule has 0 radical (unpaired) electrons. The van der Waals surface area contributed by atoms with Gasteiger partial charge in [0.15, 0.2) is 5.78 Å². The van der Waals surface area contributed by atoms with Crippen molar-refractivity contribution in [2.75, 3.05) is 0 Å². The lowest BCUT2D eigenvalue weighted by Gasteiger charge is -2.15. The first kappa shape index (κ1) is 46.1. The van der Waals surface area contributed by atoms with Crippen LogP contribution in [0.25, 0.3) is 0 Å². The van der Waals surface area contributed by atoms with Gasteiger partial charge in [0.05, 0.1) is 0 Å². The summed E-state index contributed by atoms with van der Waals surface area (Å²) in [5, 5.41) is 0. The van der Waals surface area contributed by atoms with E-state index in [1.54, 1.807) is 0 Å². The predicted molar refractivity (Wildman–Crippen MR) is 214 cm³/mol. The molecule has 0 fully saturated rings. The van der Waals surface area contributed by atoms with E-state index in [2.05, 4.69) is 20.8 Å².